The van der Waals surface area contributed by atoms with Crippen molar-refractivity contribution in [3.8, 4) is 5.75 Å². The Morgan fingerprint density at radius 2 is 1.64 bits per heavy atom. The van der Waals surface area contributed by atoms with Crippen LogP contribution in [0.5, 0.6) is 5.75 Å². The number of hydrogen-bond donors (Lipinski definition) is 1. The second-order valence-electron chi connectivity index (χ2n) is 9.65. The minimum atomic E-state index is -1.46. The first-order valence-corrected chi connectivity index (χ1v) is 13.8. The number of rotatable bonds is 9. The quantitative estimate of drug-likeness (QED) is 0.265. The highest BCUT2D eigenvalue weighted by atomic mass is 32.2. The first kappa shape index (κ1) is 25.6. The molecule has 0 fully saturated rings. The van der Waals surface area contributed by atoms with Crippen molar-refractivity contribution in [2.45, 2.75) is 39.5 Å². The zero-order valence-corrected chi connectivity index (χ0v) is 22.1. The third-order valence-electron chi connectivity index (χ3n) is 6.42. The summed E-state index contributed by atoms with van der Waals surface area (Å²) in [7, 11) is 0. The second-order valence-corrected chi connectivity index (χ2v) is 10.6. The fraction of sp³-hybridized carbons (Fsp3) is 0.258. The highest BCUT2D eigenvalue weighted by Crippen LogP contribution is 2.33. The molecule has 0 aliphatic rings. The number of carbonyl (C=O) groups is 1. The van der Waals surface area contributed by atoms with Crippen molar-refractivity contribution < 1.29 is 13.2 Å². The molecule has 0 radical (unpaired) electrons. The third-order valence-corrected chi connectivity index (χ3v) is 6.84. The smallest absolute Gasteiger partial charge is 0.231 e. The van der Waals surface area contributed by atoms with Crippen LogP contribution >= 0.6 is 0 Å². The van der Waals surface area contributed by atoms with E-state index in [9.17, 15) is 9.00 Å². The lowest BCUT2D eigenvalue weighted by molar-refractivity contribution is -0.117. The van der Waals surface area contributed by atoms with Gasteiger partial charge in [-0.15, -0.1) is 0 Å². The average Bonchev–Trinajstić information content (AvgIpc) is 2.84. The van der Waals surface area contributed by atoms with Gasteiger partial charge < -0.3 is 9.50 Å². The molecule has 5 heteroatoms. The van der Waals surface area contributed by atoms with Gasteiger partial charge in [0.05, 0.1) is 5.92 Å². The molecule has 0 saturated carbocycles. The maximum absolute atomic E-state index is 13.9. The van der Waals surface area contributed by atoms with Crippen LogP contribution in [0.2, 0.25) is 0 Å². The Morgan fingerprint density at radius 1 is 0.917 bits per heavy atom. The molecular weight excluding hydrogens is 466 g/mol. The van der Waals surface area contributed by atoms with Crippen LogP contribution in [0.25, 0.3) is 10.8 Å². The van der Waals surface area contributed by atoms with Gasteiger partial charge in [-0.1, -0.05) is 86.6 Å². The Balaban J connectivity index is 1.72. The molecule has 2 atom stereocenters. The lowest BCUT2D eigenvalue weighted by Crippen LogP contribution is -2.23. The Bertz CT molecular complexity index is 1390. The number of anilines is 1. The Morgan fingerprint density at radius 3 is 2.39 bits per heavy atom. The van der Waals surface area contributed by atoms with E-state index in [1.54, 1.807) is 12.1 Å². The Labute approximate surface area is 216 Å². The number of benzene rings is 4. The van der Waals surface area contributed by atoms with E-state index in [0.717, 1.165) is 28.3 Å². The van der Waals surface area contributed by atoms with Crippen molar-refractivity contribution in [1.82, 2.24) is 0 Å². The van der Waals surface area contributed by atoms with E-state index < -0.39 is 11.1 Å². The molecule has 1 amide bonds. The highest BCUT2D eigenvalue weighted by molar-refractivity contribution is 7.79. The van der Waals surface area contributed by atoms with E-state index in [-0.39, 0.29) is 11.8 Å². The van der Waals surface area contributed by atoms with Gasteiger partial charge in [-0.25, -0.2) is 4.21 Å². The molecule has 0 spiro atoms. The summed E-state index contributed by atoms with van der Waals surface area (Å²) in [6.45, 7) is 6.37. The largest absolute Gasteiger partial charge is 0.401 e. The predicted octanol–water partition coefficient (Wildman–Crippen LogP) is 7.18. The van der Waals surface area contributed by atoms with Crippen LogP contribution in [-0.2, 0) is 22.3 Å². The maximum Gasteiger partial charge on any atom is 0.231 e. The SMILES string of the molecule is Cc1ccccc1Cc1ccc(OS(C)=O)cc1NC(=O)C(CC(C)C)c1cccc2ccccc12. The molecule has 0 aliphatic heterocycles. The zero-order valence-electron chi connectivity index (χ0n) is 21.3. The van der Waals surface area contributed by atoms with Crippen molar-refractivity contribution in [3.63, 3.8) is 0 Å². The molecule has 4 rings (SSSR count). The Kier molecular flexibility index (Phi) is 8.21. The molecule has 0 bridgehead atoms. The minimum Gasteiger partial charge on any atom is -0.401 e. The standard InChI is InChI=1S/C31H33NO3S/c1-21(2)18-29(28-15-9-13-23-11-7-8-14-27(23)28)31(33)32-30-20-26(35-36(4)34)17-16-25(30)19-24-12-6-5-10-22(24)3/h5-17,20-21,29H,18-19H2,1-4H3,(H,32,33). The molecule has 2 unspecified atom stereocenters. The van der Waals surface area contributed by atoms with Gasteiger partial charge in [0.2, 0.25) is 17.0 Å². The number of aryl methyl sites for hydroxylation is 1. The number of nitrogens with one attached hydrogen (secondary N) is 1. The summed E-state index contributed by atoms with van der Waals surface area (Å²) >= 11 is -1.46. The van der Waals surface area contributed by atoms with Crippen LogP contribution in [0.1, 0.15) is 48.4 Å². The molecule has 0 aromatic heterocycles. The van der Waals surface area contributed by atoms with E-state index in [0.29, 0.717) is 23.8 Å². The van der Waals surface area contributed by atoms with Gasteiger partial charge in [-0.3, -0.25) is 4.79 Å². The van der Waals surface area contributed by atoms with E-state index in [4.69, 9.17) is 4.18 Å². The van der Waals surface area contributed by atoms with Gasteiger partial charge in [0.25, 0.3) is 0 Å². The molecule has 4 aromatic rings. The summed E-state index contributed by atoms with van der Waals surface area (Å²) in [6.07, 6.45) is 2.88. The third kappa shape index (κ3) is 6.21. The average molecular weight is 500 g/mol. The molecule has 0 aliphatic carbocycles. The zero-order chi connectivity index (χ0) is 25.7. The number of hydrogen-bond acceptors (Lipinski definition) is 3. The van der Waals surface area contributed by atoms with Crippen molar-refractivity contribution >= 4 is 33.4 Å². The van der Waals surface area contributed by atoms with E-state index in [1.165, 1.54) is 17.4 Å². The lowest BCUT2D eigenvalue weighted by atomic mass is 9.86. The summed E-state index contributed by atoms with van der Waals surface area (Å²) in [5, 5.41) is 5.43. The molecule has 4 nitrogen and oxygen atoms in total. The molecule has 1 N–H and O–H groups in total. The highest BCUT2D eigenvalue weighted by Gasteiger charge is 2.25. The predicted molar refractivity (Wildman–Crippen MR) is 150 cm³/mol. The van der Waals surface area contributed by atoms with Crippen LogP contribution in [0.3, 0.4) is 0 Å². The van der Waals surface area contributed by atoms with Gasteiger partial charge in [-0.2, -0.15) is 0 Å². The van der Waals surface area contributed by atoms with Crippen LogP contribution in [-0.4, -0.2) is 16.4 Å². The van der Waals surface area contributed by atoms with E-state index in [2.05, 4.69) is 62.5 Å². The number of amides is 1. The Hall–Kier alpha value is -3.44. The summed E-state index contributed by atoms with van der Waals surface area (Å²) in [5.41, 5.74) is 5.07. The van der Waals surface area contributed by atoms with Gasteiger partial charge in [0, 0.05) is 18.0 Å². The number of fused-ring (bicyclic) bond motifs is 1. The van der Waals surface area contributed by atoms with Crippen LogP contribution in [0.15, 0.2) is 84.9 Å². The lowest BCUT2D eigenvalue weighted by Gasteiger charge is -2.22. The van der Waals surface area contributed by atoms with Crippen molar-refractivity contribution in [1.29, 1.82) is 0 Å². The van der Waals surface area contributed by atoms with Gasteiger partial charge in [-0.05, 0) is 64.8 Å². The maximum atomic E-state index is 13.9. The summed E-state index contributed by atoms with van der Waals surface area (Å²) in [4.78, 5) is 13.9. The summed E-state index contributed by atoms with van der Waals surface area (Å²) in [6, 6.07) is 28.1. The van der Waals surface area contributed by atoms with Crippen molar-refractivity contribution in [2.75, 3.05) is 11.6 Å². The first-order chi connectivity index (χ1) is 17.3. The number of carbonyl (C=O) groups excluding carboxylic acids is 1. The minimum absolute atomic E-state index is 0.0548. The molecular formula is C31H33NO3S. The van der Waals surface area contributed by atoms with Crippen LogP contribution in [0.4, 0.5) is 5.69 Å². The fourth-order valence-corrected chi connectivity index (χ4v) is 5.02. The van der Waals surface area contributed by atoms with Crippen molar-refractivity contribution in [3.05, 3.63) is 107 Å². The van der Waals surface area contributed by atoms with Gasteiger partial charge >= 0.3 is 0 Å². The normalized spacial score (nSPS) is 12.9. The second kappa shape index (κ2) is 11.5. The summed E-state index contributed by atoms with van der Waals surface area (Å²) < 4.78 is 17.2. The van der Waals surface area contributed by atoms with Crippen LogP contribution in [0, 0.1) is 12.8 Å². The van der Waals surface area contributed by atoms with Crippen molar-refractivity contribution in [2.24, 2.45) is 5.92 Å². The van der Waals surface area contributed by atoms with Crippen LogP contribution < -0.4 is 9.50 Å². The monoisotopic (exact) mass is 499 g/mol. The molecule has 36 heavy (non-hydrogen) atoms. The molecule has 0 saturated heterocycles. The summed E-state index contributed by atoms with van der Waals surface area (Å²) in [5.74, 6) is 0.432. The van der Waals surface area contributed by atoms with E-state index in [1.807, 2.05) is 36.4 Å². The van der Waals surface area contributed by atoms with Gasteiger partial charge in [0.15, 0.2) is 0 Å². The molecule has 4 aromatic carbocycles. The topological polar surface area (TPSA) is 55.4 Å². The fourth-order valence-electron chi connectivity index (χ4n) is 4.65. The molecule has 186 valence electrons. The van der Waals surface area contributed by atoms with E-state index >= 15 is 0 Å². The first-order valence-electron chi connectivity index (χ1n) is 12.3. The molecule has 0 heterocycles. The van der Waals surface area contributed by atoms with Gasteiger partial charge in [0.1, 0.15) is 5.75 Å².